The lowest BCUT2D eigenvalue weighted by Crippen LogP contribution is -2.59. The molecule has 1 atom stereocenters. The molecule has 7 nitrogen and oxygen atoms in total. The van der Waals surface area contributed by atoms with Crippen molar-refractivity contribution in [2.75, 3.05) is 24.5 Å². The Hall–Kier alpha value is -3.61. The summed E-state index contributed by atoms with van der Waals surface area (Å²) in [5.41, 5.74) is 1.94. The van der Waals surface area contributed by atoms with Crippen LogP contribution in [0.2, 0.25) is 0 Å². The van der Waals surface area contributed by atoms with Crippen molar-refractivity contribution in [3.63, 3.8) is 0 Å². The lowest BCUT2D eigenvalue weighted by atomic mass is 10.00. The summed E-state index contributed by atoms with van der Waals surface area (Å²) >= 11 is 0. The number of halogens is 6. The number of carbonyl (C=O) groups is 1. The smallest absolute Gasteiger partial charge is 0.417 e. The van der Waals surface area contributed by atoms with E-state index < -0.39 is 30.5 Å². The Kier molecular flexibility index (Phi) is 6.34. The summed E-state index contributed by atoms with van der Waals surface area (Å²) in [6.07, 6.45) is -6.36. The van der Waals surface area contributed by atoms with Gasteiger partial charge in [0.1, 0.15) is 17.6 Å². The van der Waals surface area contributed by atoms with E-state index in [4.69, 9.17) is 4.74 Å². The lowest BCUT2D eigenvalue weighted by molar-refractivity contribution is -0.157. The number of benzene rings is 1. The summed E-state index contributed by atoms with van der Waals surface area (Å²) in [5, 5.41) is 6.98. The molecule has 196 valence electrons. The maximum Gasteiger partial charge on any atom is 0.417 e. The highest BCUT2D eigenvalue weighted by atomic mass is 19.4. The fourth-order valence-electron chi connectivity index (χ4n) is 4.62. The summed E-state index contributed by atoms with van der Waals surface area (Å²) in [5.74, 6) is 0.0307. The molecule has 37 heavy (non-hydrogen) atoms. The van der Waals surface area contributed by atoms with Crippen LogP contribution in [0.25, 0.3) is 11.3 Å². The van der Waals surface area contributed by atoms with Crippen LogP contribution < -0.4 is 9.64 Å². The van der Waals surface area contributed by atoms with Gasteiger partial charge in [-0.25, -0.2) is 4.98 Å². The molecule has 0 aliphatic carbocycles. The largest absolute Gasteiger partial charge is 0.426 e. The van der Waals surface area contributed by atoms with E-state index in [-0.39, 0.29) is 37.8 Å². The number of fused-ring (bicyclic) bond motifs is 1. The number of aromatic amines is 1. The summed E-state index contributed by atoms with van der Waals surface area (Å²) in [4.78, 5) is 17.8. The number of pyridine rings is 1. The SMILES string of the molecule is O=C1CCc2cc(-c3[nH]ncc3CN3CCN(c4ccc(C(F)(F)F)cn4)[C@H](C(F)(F)F)C3)ccc2O1. The molecule has 0 unspecified atom stereocenters. The monoisotopic (exact) mass is 525 g/mol. The average molecular weight is 525 g/mol. The summed E-state index contributed by atoms with van der Waals surface area (Å²) in [7, 11) is 0. The second-order valence-electron chi connectivity index (χ2n) is 8.96. The minimum absolute atomic E-state index is 0.0695. The molecule has 1 saturated heterocycles. The number of carbonyl (C=O) groups excluding carboxylic acids is 1. The Labute approximate surface area is 207 Å². The molecule has 2 aromatic heterocycles. The third kappa shape index (κ3) is 5.26. The molecule has 2 aliphatic rings. The maximum atomic E-state index is 14.0. The third-order valence-electron chi connectivity index (χ3n) is 6.50. The zero-order valence-electron chi connectivity index (χ0n) is 19.2. The zero-order chi connectivity index (χ0) is 26.4. The minimum Gasteiger partial charge on any atom is -0.426 e. The molecule has 13 heteroatoms. The van der Waals surface area contributed by atoms with Crippen LogP contribution in [0.5, 0.6) is 5.75 Å². The van der Waals surface area contributed by atoms with E-state index in [0.29, 0.717) is 29.6 Å². The minimum atomic E-state index is -4.63. The number of alkyl halides is 6. The molecular weight excluding hydrogens is 504 g/mol. The molecule has 1 N–H and O–H groups in total. The number of H-pyrrole nitrogens is 1. The van der Waals surface area contributed by atoms with Crippen molar-refractivity contribution in [2.24, 2.45) is 0 Å². The van der Waals surface area contributed by atoms with Crippen molar-refractivity contribution in [3.05, 3.63) is 59.4 Å². The van der Waals surface area contributed by atoms with E-state index in [1.54, 1.807) is 23.2 Å². The van der Waals surface area contributed by atoms with Gasteiger partial charge in [-0.15, -0.1) is 0 Å². The van der Waals surface area contributed by atoms with Crippen LogP contribution in [0.3, 0.4) is 0 Å². The van der Waals surface area contributed by atoms with Crippen LogP contribution in [0, 0.1) is 0 Å². The number of aryl methyl sites for hydroxylation is 1. The molecule has 1 fully saturated rings. The van der Waals surface area contributed by atoms with Crippen LogP contribution in [-0.2, 0) is 23.9 Å². The third-order valence-corrected chi connectivity index (χ3v) is 6.50. The Balaban J connectivity index is 1.33. The molecule has 0 saturated carbocycles. The van der Waals surface area contributed by atoms with Gasteiger partial charge in [0.05, 0.1) is 23.9 Å². The highest BCUT2D eigenvalue weighted by Crippen LogP contribution is 2.35. The van der Waals surface area contributed by atoms with Crippen molar-refractivity contribution < 1.29 is 35.9 Å². The number of nitrogens with zero attached hydrogens (tertiary/aromatic N) is 4. The Morgan fingerprint density at radius 2 is 1.84 bits per heavy atom. The number of nitrogens with one attached hydrogen (secondary N) is 1. The van der Waals surface area contributed by atoms with Gasteiger partial charge in [-0.3, -0.25) is 14.8 Å². The van der Waals surface area contributed by atoms with Crippen molar-refractivity contribution in [2.45, 2.75) is 37.8 Å². The summed E-state index contributed by atoms with van der Waals surface area (Å²) in [6, 6.07) is 5.06. The van der Waals surface area contributed by atoms with Crippen molar-refractivity contribution >= 4 is 11.8 Å². The van der Waals surface area contributed by atoms with Crippen LogP contribution in [0.4, 0.5) is 32.2 Å². The Bertz CT molecular complexity index is 1290. The lowest BCUT2D eigenvalue weighted by Gasteiger charge is -2.42. The van der Waals surface area contributed by atoms with E-state index in [2.05, 4.69) is 15.2 Å². The second kappa shape index (κ2) is 9.36. The Morgan fingerprint density at radius 3 is 2.54 bits per heavy atom. The van der Waals surface area contributed by atoms with Crippen molar-refractivity contribution in [1.82, 2.24) is 20.1 Å². The average Bonchev–Trinajstić information content (AvgIpc) is 3.31. The molecule has 0 radical (unpaired) electrons. The number of esters is 1. The van der Waals surface area contributed by atoms with Gasteiger partial charge in [-0.1, -0.05) is 0 Å². The summed E-state index contributed by atoms with van der Waals surface area (Å²) in [6.45, 7) is -0.0459. The number of rotatable bonds is 4. The van der Waals surface area contributed by atoms with Crippen LogP contribution in [-0.4, -0.2) is 57.9 Å². The molecule has 4 heterocycles. The van der Waals surface area contributed by atoms with E-state index in [0.717, 1.165) is 28.2 Å². The van der Waals surface area contributed by atoms with Gasteiger partial charge >= 0.3 is 18.3 Å². The molecule has 3 aromatic rings. The van der Waals surface area contributed by atoms with Gasteiger partial charge in [0.2, 0.25) is 0 Å². The van der Waals surface area contributed by atoms with E-state index in [1.165, 1.54) is 0 Å². The molecule has 0 spiro atoms. The first-order valence-electron chi connectivity index (χ1n) is 11.4. The van der Waals surface area contributed by atoms with Gasteiger partial charge < -0.3 is 9.64 Å². The van der Waals surface area contributed by atoms with Crippen molar-refractivity contribution in [3.8, 4) is 17.0 Å². The predicted molar refractivity (Wildman–Crippen MR) is 120 cm³/mol. The molecule has 1 aromatic carbocycles. The molecular formula is C24H21F6N5O2. The van der Waals surface area contributed by atoms with Crippen LogP contribution in [0.1, 0.15) is 23.1 Å². The maximum absolute atomic E-state index is 14.0. The molecule has 2 aliphatic heterocycles. The predicted octanol–water partition coefficient (Wildman–Crippen LogP) is 4.60. The number of aromatic nitrogens is 3. The topological polar surface area (TPSA) is 74.4 Å². The van der Waals surface area contributed by atoms with E-state index >= 15 is 0 Å². The number of hydrogen-bond acceptors (Lipinski definition) is 6. The van der Waals surface area contributed by atoms with Gasteiger partial charge in [-0.05, 0) is 42.3 Å². The summed E-state index contributed by atoms with van der Waals surface area (Å²) < 4.78 is 85.8. The highest BCUT2D eigenvalue weighted by Gasteiger charge is 2.47. The van der Waals surface area contributed by atoms with Crippen molar-refractivity contribution in [1.29, 1.82) is 0 Å². The molecule has 0 bridgehead atoms. The first-order chi connectivity index (χ1) is 17.5. The quantitative estimate of drug-likeness (QED) is 0.305. The normalized spacial score (nSPS) is 19.0. The van der Waals surface area contributed by atoms with E-state index in [9.17, 15) is 31.1 Å². The number of anilines is 1. The van der Waals surface area contributed by atoms with Gasteiger partial charge in [-0.2, -0.15) is 31.4 Å². The second-order valence-corrected chi connectivity index (χ2v) is 8.96. The standard InChI is InChI=1S/C24H21F6N5O2/c25-23(26,27)17-3-5-20(31-11-17)35-8-7-34(13-19(35)24(28,29)30)12-16-10-32-33-22(16)15-1-4-18-14(9-15)2-6-21(36)37-18/h1,3-5,9-11,19H,2,6-8,12-13H2,(H,32,33)/t19-/m0/s1. The van der Waals surface area contributed by atoms with Gasteiger partial charge in [0.15, 0.2) is 0 Å². The van der Waals surface area contributed by atoms with Gasteiger partial charge in [0.25, 0.3) is 0 Å². The van der Waals surface area contributed by atoms with Crippen LogP contribution >= 0.6 is 0 Å². The first-order valence-corrected chi connectivity index (χ1v) is 11.4. The van der Waals surface area contributed by atoms with E-state index in [1.807, 2.05) is 6.07 Å². The molecule has 0 amide bonds. The Morgan fingerprint density at radius 1 is 1.03 bits per heavy atom. The van der Waals surface area contributed by atoms with Crippen LogP contribution in [0.15, 0.2) is 42.7 Å². The first kappa shape index (κ1) is 25.1. The zero-order valence-corrected chi connectivity index (χ0v) is 19.2. The fourth-order valence-corrected chi connectivity index (χ4v) is 4.62. The number of piperazine rings is 1. The van der Waals surface area contributed by atoms with Gasteiger partial charge in [0, 0.05) is 43.5 Å². The molecule has 5 rings (SSSR count). The number of ether oxygens (including phenoxy) is 1. The number of hydrogen-bond donors (Lipinski definition) is 1. The highest BCUT2D eigenvalue weighted by molar-refractivity contribution is 5.76. The fraction of sp³-hybridized carbons (Fsp3) is 0.375.